The fraction of sp³-hybridized carbons (Fsp3) is 0.167. The first-order chi connectivity index (χ1) is 15.9. The second-order valence-electron chi connectivity index (χ2n) is 6.82. The molecule has 0 unspecified atom stereocenters. The minimum absolute atomic E-state index is 0.215. The van der Waals surface area contributed by atoms with E-state index in [9.17, 15) is 9.59 Å². The smallest absolute Gasteiger partial charge is 0.338 e. The number of aromatic nitrogens is 1. The minimum atomic E-state index is -0.398. The maximum Gasteiger partial charge on any atom is 0.338 e. The van der Waals surface area contributed by atoms with Crippen LogP contribution in [0.5, 0.6) is 5.75 Å². The molecule has 0 atom stereocenters. The van der Waals surface area contributed by atoms with Crippen LogP contribution >= 0.6 is 28.1 Å². The quantitative estimate of drug-likeness (QED) is 0.350. The standard InChI is InChI=1S/C24H22BrN3O4S/c1-3-32-23(30)17-4-7-19(8-5-17)28(15-16-10-12-26-13-11-16)24(33)27-22(29)18-6-9-21(31-2)20(25)14-18/h4-14H,3,15H2,1-2H3,(H,27,29,33). The number of carbonyl (C=O) groups is 2. The van der Waals surface area contributed by atoms with Gasteiger partial charge in [-0.3, -0.25) is 15.1 Å². The Morgan fingerprint density at radius 2 is 1.73 bits per heavy atom. The predicted octanol–water partition coefficient (Wildman–Crippen LogP) is 4.75. The molecule has 0 saturated carbocycles. The van der Waals surface area contributed by atoms with Gasteiger partial charge in [-0.05, 0) is 95.2 Å². The van der Waals surface area contributed by atoms with Gasteiger partial charge in [0.15, 0.2) is 5.11 Å². The minimum Gasteiger partial charge on any atom is -0.496 e. The Kier molecular flexibility index (Phi) is 8.51. The fourth-order valence-electron chi connectivity index (χ4n) is 2.99. The molecule has 0 saturated heterocycles. The molecule has 170 valence electrons. The second-order valence-corrected chi connectivity index (χ2v) is 8.06. The van der Waals surface area contributed by atoms with Crippen LogP contribution in [0.3, 0.4) is 0 Å². The van der Waals surface area contributed by atoms with Gasteiger partial charge in [-0.25, -0.2) is 4.79 Å². The summed E-state index contributed by atoms with van der Waals surface area (Å²) < 4.78 is 10.9. The molecule has 3 aromatic rings. The van der Waals surface area contributed by atoms with Crippen LogP contribution in [-0.2, 0) is 11.3 Å². The van der Waals surface area contributed by atoms with Crippen molar-refractivity contribution in [2.24, 2.45) is 0 Å². The first-order valence-electron chi connectivity index (χ1n) is 10.1. The maximum absolute atomic E-state index is 12.9. The lowest BCUT2D eigenvalue weighted by molar-refractivity contribution is 0.0526. The Morgan fingerprint density at radius 1 is 1.06 bits per heavy atom. The summed E-state index contributed by atoms with van der Waals surface area (Å²) in [5, 5.41) is 3.00. The lowest BCUT2D eigenvalue weighted by Crippen LogP contribution is -2.42. The maximum atomic E-state index is 12.9. The van der Waals surface area contributed by atoms with Crippen LogP contribution in [0.1, 0.15) is 33.2 Å². The van der Waals surface area contributed by atoms with Crippen LogP contribution in [-0.4, -0.2) is 35.7 Å². The van der Waals surface area contributed by atoms with Crippen LogP contribution in [0.25, 0.3) is 0 Å². The molecule has 0 aliphatic carbocycles. The van der Waals surface area contributed by atoms with Crippen LogP contribution in [0.15, 0.2) is 71.5 Å². The Labute approximate surface area is 205 Å². The average Bonchev–Trinajstić information content (AvgIpc) is 2.83. The number of nitrogens with zero attached hydrogens (tertiary/aromatic N) is 2. The third-order valence-electron chi connectivity index (χ3n) is 4.66. The van der Waals surface area contributed by atoms with E-state index in [1.54, 1.807) is 73.8 Å². The Morgan fingerprint density at radius 3 is 2.33 bits per heavy atom. The zero-order chi connectivity index (χ0) is 23.8. The number of anilines is 1. The number of hydrogen-bond acceptors (Lipinski definition) is 6. The van der Waals surface area contributed by atoms with Crippen LogP contribution in [0.2, 0.25) is 0 Å². The van der Waals surface area contributed by atoms with Gasteiger partial charge in [0.05, 0.1) is 30.3 Å². The molecule has 2 aromatic carbocycles. The van der Waals surface area contributed by atoms with E-state index in [1.807, 2.05) is 12.1 Å². The summed E-state index contributed by atoms with van der Waals surface area (Å²) in [5.74, 6) is -0.132. The molecule has 1 amide bonds. The number of benzene rings is 2. The molecule has 0 spiro atoms. The summed E-state index contributed by atoms with van der Waals surface area (Å²) in [6.45, 7) is 2.45. The first-order valence-corrected chi connectivity index (χ1v) is 11.3. The first kappa shape index (κ1) is 24.3. The summed E-state index contributed by atoms with van der Waals surface area (Å²) in [5.41, 5.74) is 2.51. The van der Waals surface area contributed by atoms with E-state index in [0.717, 1.165) is 5.56 Å². The molecule has 0 bridgehead atoms. The molecular formula is C24H22BrN3O4S. The Bertz CT molecular complexity index is 1140. The number of hydrogen-bond donors (Lipinski definition) is 1. The zero-order valence-corrected chi connectivity index (χ0v) is 20.5. The summed E-state index contributed by atoms with van der Waals surface area (Å²) in [4.78, 5) is 30.7. The number of rotatable bonds is 7. The highest BCUT2D eigenvalue weighted by Crippen LogP contribution is 2.25. The Hall–Kier alpha value is -3.30. The summed E-state index contributed by atoms with van der Waals surface area (Å²) in [6.07, 6.45) is 3.38. The van der Waals surface area contributed by atoms with Crippen molar-refractivity contribution in [3.8, 4) is 5.75 Å². The summed E-state index contributed by atoms with van der Waals surface area (Å²) in [6, 6.07) is 15.6. The summed E-state index contributed by atoms with van der Waals surface area (Å²) in [7, 11) is 1.55. The topological polar surface area (TPSA) is 80.8 Å². The molecule has 0 fully saturated rings. The highest BCUT2D eigenvalue weighted by molar-refractivity contribution is 9.10. The molecule has 0 aliphatic rings. The number of methoxy groups -OCH3 is 1. The van der Waals surface area contributed by atoms with E-state index in [1.165, 1.54) is 0 Å². The molecule has 0 radical (unpaired) electrons. The van der Waals surface area contributed by atoms with Crippen molar-refractivity contribution in [1.29, 1.82) is 0 Å². The third-order valence-corrected chi connectivity index (χ3v) is 5.60. The van der Waals surface area contributed by atoms with Gasteiger partial charge in [-0.15, -0.1) is 0 Å². The number of esters is 1. The summed E-state index contributed by atoms with van der Waals surface area (Å²) >= 11 is 8.98. The number of nitrogens with one attached hydrogen (secondary N) is 1. The van der Waals surface area contributed by atoms with Crippen molar-refractivity contribution in [1.82, 2.24) is 10.3 Å². The molecular weight excluding hydrogens is 506 g/mol. The van der Waals surface area contributed by atoms with Gasteiger partial charge in [0.25, 0.3) is 5.91 Å². The van der Waals surface area contributed by atoms with Crippen molar-refractivity contribution < 1.29 is 19.1 Å². The normalized spacial score (nSPS) is 10.3. The van der Waals surface area contributed by atoms with Gasteiger partial charge in [-0.1, -0.05) is 0 Å². The zero-order valence-electron chi connectivity index (χ0n) is 18.1. The number of halogens is 1. The van der Waals surface area contributed by atoms with Crippen molar-refractivity contribution >= 4 is 50.8 Å². The molecule has 33 heavy (non-hydrogen) atoms. The van der Waals surface area contributed by atoms with Crippen LogP contribution in [0, 0.1) is 0 Å². The average molecular weight is 528 g/mol. The molecule has 1 heterocycles. The molecule has 1 aromatic heterocycles. The van der Waals surface area contributed by atoms with E-state index < -0.39 is 5.97 Å². The van der Waals surface area contributed by atoms with Gasteiger partial charge >= 0.3 is 5.97 Å². The lowest BCUT2D eigenvalue weighted by atomic mass is 10.1. The molecule has 3 rings (SSSR count). The van der Waals surface area contributed by atoms with E-state index in [4.69, 9.17) is 21.7 Å². The van der Waals surface area contributed by atoms with Gasteiger partial charge < -0.3 is 14.4 Å². The molecule has 9 heteroatoms. The van der Waals surface area contributed by atoms with E-state index in [2.05, 4.69) is 26.2 Å². The predicted molar refractivity (Wildman–Crippen MR) is 134 cm³/mol. The van der Waals surface area contributed by atoms with Gasteiger partial charge in [0.1, 0.15) is 5.75 Å². The number of amides is 1. The van der Waals surface area contributed by atoms with E-state index in [0.29, 0.717) is 40.2 Å². The molecule has 0 aliphatic heterocycles. The van der Waals surface area contributed by atoms with Crippen LogP contribution < -0.4 is 15.0 Å². The monoisotopic (exact) mass is 527 g/mol. The number of thiocarbonyl (C=S) groups is 1. The fourth-order valence-corrected chi connectivity index (χ4v) is 3.79. The van der Waals surface area contributed by atoms with Crippen molar-refractivity contribution in [2.45, 2.75) is 13.5 Å². The third kappa shape index (κ3) is 6.36. The molecule has 7 nitrogen and oxygen atoms in total. The van der Waals surface area contributed by atoms with E-state index in [-0.39, 0.29) is 11.0 Å². The number of ether oxygens (including phenoxy) is 2. The van der Waals surface area contributed by atoms with Crippen molar-refractivity contribution in [2.75, 3.05) is 18.6 Å². The van der Waals surface area contributed by atoms with Gasteiger partial charge in [0, 0.05) is 23.6 Å². The largest absolute Gasteiger partial charge is 0.496 e. The second kappa shape index (κ2) is 11.5. The van der Waals surface area contributed by atoms with Gasteiger partial charge in [-0.2, -0.15) is 0 Å². The lowest BCUT2D eigenvalue weighted by Gasteiger charge is -2.26. The van der Waals surface area contributed by atoms with Crippen molar-refractivity contribution in [3.63, 3.8) is 0 Å². The van der Waals surface area contributed by atoms with E-state index >= 15 is 0 Å². The van der Waals surface area contributed by atoms with Crippen molar-refractivity contribution in [3.05, 3.63) is 88.2 Å². The SMILES string of the molecule is CCOC(=O)c1ccc(N(Cc2ccncc2)C(=S)NC(=O)c2ccc(OC)c(Br)c2)cc1. The Balaban J connectivity index is 1.84. The van der Waals surface area contributed by atoms with Crippen LogP contribution in [0.4, 0.5) is 5.69 Å². The number of carbonyl (C=O) groups excluding carboxylic acids is 2. The molecule has 1 N–H and O–H groups in total. The number of pyridine rings is 1. The van der Waals surface area contributed by atoms with Gasteiger partial charge in [0.2, 0.25) is 0 Å². The highest BCUT2D eigenvalue weighted by atomic mass is 79.9. The highest BCUT2D eigenvalue weighted by Gasteiger charge is 2.18.